The van der Waals surface area contributed by atoms with Crippen LogP contribution >= 0.6 is 15.9 Å². The average Bonchev–Trinajstić information content (AvgIpc) is 2.83. The van der Waals surface area contributed by atoms with Gasteiger partial charge in [0, 0.05) is 4.47 Å². The van der Waals surface area contributed by atoms with Gasteiger partial charge in [-0.3, -0.25) is 0 Å². The minimum absolute atomic E-state index is 0.178. The lowest BCUT2D eigenvalue weighted by atomic mass is 9.98. The van der Waals surface area contributed by atoms with Gasteiger partial charge >= 0.3 is 0 Å². The number of halogens is 1. The normalized spacial score (nSPS) is 10.9. The van der Waals surface area contributed by atoms with Crippen molar-refractivity contribution in [3.8, 4) is 17.1 Å². The summed E-state index contributed by atoms with van der Waals surface area (Å²) < 4.78 is 5.91. The Bertz CT molecular complexity index is 579. The Morgan fingerprint density at radius 3 is 2.44 bits per heavy atom. The van der Waals surface area contributed by atoms with Gasteiger partial charge in [-0.1, -0.05) is 21.1 Å². The van der Waals surface area contributed by atoms with Crippen LogP contribution in [0.3, 0.4) is 0 Å². The van der Waals surface area contributed by atoms with Gasteiger partial charge in [-0.05, 0) is 37.5 Å². The molecule has 1 heterocycles. The first-order valence-electron chi connectivity index (χ1n) is 5.48. The Balaban J connectivity index is 2.71. The van der Waals surface area contributed by atoms with Crippen molar-refractivity contribution in [1.29, 1.82) is 0 Å². The fourth-order valence-electron chi connectivity index (χ4n) is 1.81. The van der Waals surface area contributed by atoms with Crippen LogP contribution in [0.1, 0.15) is 22.6 Å². The van der Waals surface area contributed by atoms with Crippen LogP contribution in [-0.4, -0.2) is 15.2 Å². The summed E-state index contributed by atoms with van der Waals surface area (Å²) in [5.74, 6) is 0.880. The zero-order valence-electron chi connectivity index (χ0n) is 10.4. The largest absolute Gasteiger partial charge is 0.507 e. The molecule has 0 amide bonds. The van der Waals surface area contributed by atoms with E-state index >= 15 is 0 Å². The van der Waals surface area contributed by atoms with E-state index in [1.807, 2.05) is 20.8 Å². The molecule has 1 aromatic carbocycles. The molecule has 6 heteroatoms. The molecule has 3 N–H and O–H groups in total. The number of aromatic hydroxyl groups is 1. The van der Waals surface area contributed by atoms with Gasteiger partial charge in [-0.15, -0.1) is 0 Å². The lowest BCUT2D eigenvalue weighted by Crippen LogP contribution is -1.97. The van der Waals surface area contributed by atoms with Crippen LogP contribution in [0.2, 0.25) is 0 Å². The molecule has 0 bridgehead atoms. The molecule has 96 valence electrons. The first kappa shape index (κ1) is 13.0. The highest BCUT2D eigenvalue weighted by molar-refractivity contribution is 9.10. The fourth-order valence-corrected chi connectivity index (χ4v) is 2.31. The molecule has 0 saturated heterocycles. The van der Waals surface area contributed by atoms with E-state index in [0.717, 1.165) is 21.2 Å². The number of phenols is 1. The van der Waals surface area contributed by atoms with Crippen molar-refractivity contribution in [3.05, 3.63) is 27.1 Å². The molecule has 2 aromatic rings. The van der Waals surface area contributed by atoms with Crippen molar-refractivity contribution >= 4 is 15.9 Å². The van der Waals surface area contributed by atoms with E-state index in [0.29, 0.717) is 17.3 Å². The van der Waals surface area contributed by atoms with E-state index < -0.39 is 0 Å². The van der Waals surface area contributed by atoms with Crippen molar-refractivity contribution in [2.75, 3.05) is 0 Å². The third-order valence-corrected chi connectivity index (χ3v) is 4.24. The number of phenolic OH excluding ortho intramolecular Hbond substituents is 1. The summed E-state index contributed by atoms with van der Waals surface area (Å²) in [6.07, 6.45) is 0. The Labute approximate surface area is 113 Å². The second kappa shape index (κ2) is 4.70. The second-order valence-corrected chi connectivity index (χ2v) is 4.92. The minimum atomic E-state index is 0.178. The molecule has 0 saturated carbocycles. The topological polar surface area (TPSA) is 85.2 Å². The zero-order chi connectivity index (χ0) is 13.4. The van der Waals surface area contributed by atoms with Gasteiger partial charge < -0.3 is 15.4 Å². The van der Waals surface area contributed by atoms with E-state index in [2.05, 4.69) is 26.1 Å². The molecule has 0 fully saturated rings. The van der Waals surface area contributed by atoms with Crippen LogP contribution in [-0.2, 0) is 6.54 Å². The van der Waals surface area contributed by atoms with Gasteiger partial charge in [0.05, 0.1) is 12.1 Å². The number of hydrogen-bond donors (Lipinski definition) is 2. The van der Waals surface area contributed by atoms with E-state index in [1.54, 1.807) is 0 Å². The maximum atomic E-state index is 10.2. The lowest BCUT2D eigenvalue weighted by molar-refractivity contribution is 0.380. The first-order chi connectivity index (χ1) is 8.47. The second-order valence-electron chi connectivity index (χ2n) is 4.13. The third-order valence-electron chi connectivity index (χ3n) is 3.05. The van der Waals surface area contributed by atoms with Crippen molar-refractivity contribution in [3.63, 3.8) is 0 Å². The van der Waals surface area contributed by atoms with Crippen LogP contribution in [0, 0.1) is 20.8 Å². The lowest BCUT2D eigenvalue weighted by Gasteiger charge is -2.13. The van der Waals surface area contributed by atoms with Gasteiger partial charge in [-0.2, -0.15) is 4.98 Å². The van der Waals surface area contributed by atoms with Gasteiger partial charge in [0.2, 0.25) is 11.7 Å². The molecule has 1 aromatic heterocycles. The third kappa shape index (κ3) is 1.91. The summed E-state index contributed by atoms with van der Waals surface area (Å²) in [7, 11) is 0. The summed E-state index contributed by atoms with van der Waals surface area (Å²) in [4.78, 5) is 4.15. The minimum Gasteiger partial charge on any atom is -0.507 e. The molecule has 5 nitrogen and oxygen atoms in total. The smallest absolute Gasteiger partial charge is 0.240 e. The maximum Gasteiger partial charge on any atom is 0.240 e. The number of aromatic nitrogens is 2. The van der Waals surface area contributed by atoms with Crippen LogP contribution in [0.25, 0.3) is 11.4 Å². The van der Waals surface area contributed by atoms with Crippen LogP contribution < -0.4 is 5.73 Å². The van der Waals surface area contributed by atoms with Crippen molar-refractivity contribution in [2.45, 2.75) is 27.3 Å². The number of benzene rings is 1. The molecular weight excluding hydrogens is 298 g/mol. The van der Waals surface area contributed by atoms with Crippen LogP contribution in [0.15, 0.2) is 9.00 Å². The number of hydrogen-bond acceptors (Lipinski definition) is 5. The summed E-state index contributed by atoms with van der Waals surface area (Å²) in [5.41, 5.74) is 8.68. The van der Waals surface area contributed by atoms with Gasteiger partial charge in [0.15, 0.2) is 0 Å². The van der Waals surface area contributed by atoms with E-state index in [-0.39, 0.29) is 12.3 Å². The summed E-state index contributed by atoms with van der Waals surface area (Å²) in [5, 5.41) is 14.1. The Morgan fingerprint density at radius 2 is 1.89 bits per heavy atom. The SMILES string of the molecule is Cc1c(C)c(Br)c(C)c(-c2noc(CN)n2)c1O. The molecule has 0 radical (unpaired) electrons. The molecule has 18 heavy (non-hydrogen) atoms. The molecule has 0 aliphatic carbocycles. The van der Waals surface area contributed by atoms with Gasteiger partial charge in [-0.25, -0.2) is 0 Å². The fraction of sp³-hybridized carbons (Fsp3) is 0.333. The molecular formula is C12H14BrN3O2. The maximum absolute atomic E-state index is 10.2. The molecule has 2 rings (SSSR count). The number of nitrogens with zero attached hydrogens (tertiary/aromatic N) is 2. The highest BCUT2D eigenvalue weighted by atomic mass is 79.9. The van der Waals surface area contributed by atoms with Gasteiger partial charge in [0.25, 0.3) is 0 Å². The summed E-state index contributed by atoms with van der Waals surface area (Å²) in [6.45, 7) is 5.86. The van der Waals surface area contributed by atoms with Crippen molar-refractivity contribution in [2.24, 2.45) is 5.73 Å². The molecule has 0 aliphatic rings. The predicted molar refractivity (Wildman–Crippen MR) is 71.2 cm³/mol. The molecule has 0 aliphatic heterocycles. The van der Waals surface area contributed by atoms with Crippen molar-refractivity contribution < 1.29 is 9.63 Å². The Hall–Kier alpha value is -1.40. The molecule has 0 unspecified atom stereocenters. The number of nitrogens with two attached hydrogens (primary N) is 1. The Kier molecular flexibility index (Phi) is 3.41. The standard InChI is InChI=1S/C12H14BrN3O2/c1-5-6(2)11(17)9(7(3)10(5)13)12-15-8(4-14)18-16-12/h17H,4,14H2,1-3H3. The number of rotatable bonds is 2. The van der Waals surface area contributed by atoms with E-state index in [4.69, 9.17) is 10.3 Å². The Morgan fingerprint density at radius 1 is 1.22 bits per heavy atom. The highest BCUT2D eigenvalue weighted by Gasteiger charge is 2.20. The zero-order valence-corrected chi connectivity index (χ0v) is 12.0. The summed E-state index contributed by atoms with van der Waals surface area (Å²) >= 11 is 3.51. The van der Waals surface area contributed by atoms with Gasteiger partial charge in [0.1, 0.15) is 5.75 Å². The van der Waals surface area contributed by atoms with Crippen LogP contribution in [0.5, 0.6) is 5.75 Å². The average molecular weight is 312 g/mol. The first-order valence-corrected chi connectivity index (χ1v) is 6.27. The molecule has 0 spiro atoms. The predicted octanol–water partition coefficient (Wildman–Crippen LogP) is 2.59. The summed E-state index contributed by atoms with van der Waals surface area (Å²) in [6, 6.07) is 0. The van der Waals surface area contributed by atoms with Crippen molar-refractivity contribution in [1.82, 2.24) is 10.1 Å². The quantitative estimate of drug-likeness (QED) is 0.890. The van der Waals surface area contributed by atoms with Crippen LogP contribution in [0.4, 0.5) is 0 Å². The highest BCUT2D eigenvalue weighted by Crippen LogP contribution is 2.40. The molecule has 0 atom stereocenters. The monoisotopic (exact) mass is 311 g/mol. The van der Waals surface area contributed by atoms with E-state index in [1.165, 1.54) is 0 Å². The van der Waals surface area contributed by atoms with E-state index in [9.17, 15) is 5.11 Å².